The van der Waals surface area contributed by atoms with E-state index < -0.39 is 0 Å². The van der Waals surface area contributed by atoms with E-state index in [9.17, 15) is 5.11 Å². The highest BCUT2D eigenvalue weighted by Crippen LogP contribution is 2.27. The lowest BCUT2D eigenvalue weighted by atomic mass is 9.96. The molecule has 1 saturated heterocycles. The summed E-state index contributed by atoms with van der Waals surface area (Å²) < 4.78 is 5.11. The molecule has 106 valence electrons. The first-order valence-electron chi connectivity index (χ1n) is 6.97. The van der Waals surface area contributed by atoms with Gasteiger partial charge in [0.2, 0.25) is 0 Å². The minimum atomic E-state index is 0.167. The van der Waals surface area contributed by atoms with Crippen molar-refractivity contribution in [3.8, 4) is 11.5 Å². The van der Waals surface area contributed by atoms with Crippen LogP contribution in [-0.2, 0) is 6.54 Å². The number of nitrogens with two attached hydrogens (primary N) is 1. The molecule has 1 heterocycles. The minimum absolute atomic E-state index is 0.167. The number of benzene rings is 1. The molecular formula is C15H24N2O2. The zero-order chi connectivity index (χ0) is 13.8. The zero-order valence-electron chi connectivity index (χ0n) is 11.8. The number of hydrogen-bond donors (Lipinski definition) is 2. The average Bonchev–Trinajstić information content (AvgIpc) is 2.41. The van der Waals surface area contributed by atoms with Crippen LogP contribution in [0.2, 0.25) is 0 Å². The van der Waals surface area contributed by atoms with Gasteiger partial charge in [0.1, 0.15) is 11.5 Å². The lowest BCUT2D eigenvalue weighted by Crippen LogP contribution is -2.48. The Hall–Kier alpha value is -1.26. The molecule has 0 radical (unpaired) electrons. The number of nitrogens with zero attached hydrogens (tertiary/aromatic N) is 1. The van der Waals surface area contributed by atoms with Crippen molar-refractivity contribution in [1.82, 2.24) is 4.90 Å². The van der Waals surface area contributed by atoms with Crippen LogP contribution in [-0.4, -0.2) is 35.7 Å². The second-order valence-electron chi connectivity index (χ2n) is 5.39. The van der Waals surface area contributed by atoms with Gasteiger partial charge in [0, 0.05) is 30.3 Å². The zero-order valence-corrected chi connectivity index (χ0v) is 11.8. The summed E-state index contributed by atoms with van der Waals surface area (Å²) in [6, 6.07) is 6.07. The number of ether oxygens (including phenoxy) is 1. The van der Waals surface area contributed by atoms with E-state index in [-0.39, 0.29) is 6.04 Å². The minimum Gasteiger partial charge on any atom is -0.507 e. The van der Waals surface area contributed by atoms with E-state index in [0.29, 0.717) is 17.5 Å². The van der Waals surface area contributed by atoms with Gasteiger partial charge >= 0.3 is 0 Å². The summed E-state index contributed by atoms with van der Waals surface area (Å²) in [5, 5.41) is 10.0. The predicted molar refractivity (Wildman–Crippen MR) is 76.4 cm³/mol. The third kappa shape index (κ3) is 3.39. The fourth-order valence-electron chi connectivity index (χ4n) is 2.83. The summed E-state index contributed by atoms with van der Waals surface area (Å²) in [5.74, 6) is 0.983. The molecule has 1 aliphatic heterocycles. The van der Waals surface area contributed by atoms with E-state index in [1.807, 2.05) is 12.1 Å². The maximum Gasteiger partial charge on any atom is 0.123 e. The molecule has 4 nitrogen and oxygen atoms in total. The Kier molecular flexibility index (Phi) is 4.66. The average molecular weight is 264 g/mol. The van der Waals surface area contributed by atoms with Gasteiger partial charge in [0.05, 0.1) is 7.11 Å². The molecule has 0 spiro atoms. The molecule has 2 atom stereocenters. The summed E-state index contributed by atoms with van der Waals surface area (Å²) in [6.45, 7) is 3.87. The van der Waals surface area contributed by atoms with Crippen LogP contribution < -0.4 is 10.5 Å². The number of phenols is 1. The number of phenolic OH excluding ortho intramolecular Hbond substituents is 1. The maximum absolute atomic E-state index is 10.0. The molecule has 1 aromatic rings. The molecule has 0 saturated carbocycles. The lowest BCUT2D eigenvalue weighted by Gasteiger charge is -2.38. The van der Waals surface area contributed by atoms with Crippen molar-refractivity contribution in [2.45, 2.75) is 44.8 Å². The number of aromatic hydroxyl groups is 1. The standard InChI is InChI=1S/C15H24N2O2/c1-11(16)14-5-3-4-8-17(14)10-12-6-7-13(19-2)9-15(12)18/h6-7,9,11,14,18H,3-5,8,10,16H2,1-2H3. The van der Waals surface area contributed by atoms with E-state index >= 15 is 0 Å². The van der Waals surface area contributed by atoms with Gasteiger partial charge in [0.15, 0.2) is 0 Å². The van der Waals surface area contributed by atoms with Gasteiger partial charge in [-0.3, -0.25) is 4.90 Å². The Morgan fingerprint density at radius 3 is 2.89 bits per heavy atom. The number of likely N-dealkylation sites (tertiary alicyclic amines) is 1. The Morgan fingerprint density at radius 1 is 1.47 bits per heavy atom. The van der Waals surface area contributed by atoms with Crippen LogP contribution >= 0.6 is 0 Å². The monoisotopic (exact) mass is 264 g/mol. The van der Waals surface area contributed by atoms with Crippen LogP contribution in [0.1, 0.15) is 31.7 Å². The first-order valence-corrected chi connectivity index (χ1v) is 6.97. The Balaban J connectivity index is 2.10. The van der Waals surface area contributed by atoms with Crippen LogP contribution in [0, 0.1) is 0 Å². The summed E-state index contributed by atoms with van der Waals surface area (Å²) in [7, 11) is 1.60. The number of methoxy groups -OCH3 is 1. The first kappa shape index (κ1) is 14.2. The van der Waals surface area contributed by atoms with E-state index in [1.54, 1.807) is 13.2 Å². The van der Waals surface area contributed by atoms with Crippen molar-refractivity contribution in [2.24, 2.45) is 5.73 Å². The van der Waals surface area contributed by atoms with Gasteiger partial charge < -0.3 is 15.6 Å². The number of rotatable bonds is 4. The van der Waals surface area contributed by atoms with Gasteiger partial charge in [-0.1, -0.05) is 12.5 Å². The van der Waals surface area contributed by atoms with E-state index in [1.165, 1.54) is 12.8 Å². The third-order valence-corrected chi connectivity index (χ3v) is 3.94. The van der Waals surface area contributed by atoms with Crippen molar-refractivity contribution in [1.29, 1.82) is 0 Å². The van der Waals surface area contributed by atoms with Crippen LogP contribution in [0.4, 0.5) is 0 Å². The molecule has 1 fully saturated rings. The van der Waals surface area contributed by atoms with E-state index in [2.05, 4.69) is 11.8 Å². The second kappa shape index (κ2) is 6.26. The fourth-order valence-corrected chi connectivity index (χ4v) is 2.83. The van der Waals surface area contributed by atoms with Crippen LogP contribution in [0.5, 0.6) is 11.5 Å². The van der Waals surface area contributed by atoms with Gasteiger partial charge in [-0.2, -0.15) is 0 Å². The molecule has 0 aromatic heterocycles. The highest BCUT2D eigenvalue weighted by atomic mass is 16.5. The highest BCUT2D eigenvalue weighted by molar-refractivity contribution is 5.39. The number of piperidine rings is 1. The van der Waals surface area contributed by atoms with Gasteiger partial charge in [0.25, 0.3) is 0 Å². The van der Waals surface area contributed by atoms with Crippen molar-refractivity contribution in [3.05, 3.63) is 23.8 Å². The van der Waals surface area contributed by atoms with Crippen LogP contribution in [0.15, 0.2) is 18.2 Å². The largest absolute Gasteiger partial charge is 0.507 e. The van der Waals surface area contributed by atoms with Crippen molar-refractivity contribution >= 4 is 0 Å². The molecule has 19 heavy (non-hydrogen) atoms. The number of hydrogen-bond acceptors (Lipinski definition) is 4. The van der Waals surface area contributed by atoms with Crippen molar-refractivity contribution < 1.29 is 9.84 Å². The van der Waals surface area contributed by atoms with Gasteiger partial charge in [-0.05, 0) is 32.4 Å². The van der Waals surface area contributed by atoms with Crippen LogP contribution in [0.3, 0.4) is 0 Å². The Bertz CT molecular complexity index is 421. The second-order valence-corrected chi connectivity index (χ2v) is 5.39. The van der Waals surface area contributed by atoms with Gasteiger partial charge in [-0.25, -0.2) is 0 Å². The molecule has 2 unspecified atom stereocenters. The predicted octanol–water partition coefficient (Wildman–Crippen LogP) is 2.10. The van der Waals surface area contributed by atoms with Gasteiger partial charge in [-0.15, -0.1) is 0 Å². The summed E-state index contributed by atoms with van der Waals surface area (Å²) in [5.41, 5.74) is 7.01. The molecule has 1 aromatic carbocycles. The van der Waals surface area contributed by atoms with E-state index in [4.69, 9.17) is 10.5 Å². The fraction of sp³-hybridized carbons (Fsp3) is 0.600. The Morgan fingerprint density at radius 2 is 2.26 bits per heavy atom. The topological polar surface area (TPSA) is 58.7 Å². The molecule has 1 aliphatic rings. The van der Waals surface area contributed by atoms with E-state index in [0.717, 1.165) is 25.1 Å². The summed E-state index contributed by atoms with van der Waals surface area (Å²) in [4.78, 5) is 2.38. The highest BCUT2D eigenvalue weighted by Gasteiger charge is 2.25. The normalized spacial score (nSPS) is 22.2. The van der Waals surface area contributed by atoms with Crippen molar-refractivity contribution in [2.75, 3.05) is 13.7 Å². The SMILES string of the molecule is COc1ccc(CN2CCCCC2C(C)N)c(O)c1. The van der Waals surface area contributed by atoms with Crippen molar-refractivity contribution in [3.63, 3.8) is 0 Å². The summed E-state index contributed by atoms with van der Waals surface area (Å²) >= 11 is 0. The smallest absolute Gasteiger partial charge is 0.123 e. The quantitative estimate of drug-likeness (QED) is 0.874. The molecule has 0 amide bonds. The molecule has 4 heteroatoms. The summed E-state index contributed by atoms with van der Waals surface area (Å²) in [6.07, 6.45) is 3.60. The lowest BCUT2D eigenvalue weighted by molar-refractivity contribution is 0.122. The van der Waals surface area contributed by atoms with Crippen LogP contribution in [0.25, 0.3) is 0 Å². The Labute approximate surface area is 115 Å². The first-order chi connectivity index (χ1) is 9.11. The molecule has 0 aliphatic carbocycles. The molecule has 2 rings (SSSR count). The maximum atomic E-state index is 10.0. The molecule has 0 bridgehead atoms. The molecular weight excluding hydrogens is 240 g/mol. The third-order valence-electron chi connectivity index (χ3n) is 3.94. The molecule has 3 N–H and O–H groups in total.